The summed E-state index contributed by atoms with van der Waals surface area (Å²) in [5, 5.41) is 2.64. The molecule has 0 radical (unpaired) electrons. The van der Waals surface area contributed by atoms with Crippen LogP contribution < -0.4 is 10.1 Å². The van der Waals surface area contributed by atoms with Crippen molar-refractivity contribution in [1.29, 1.82) is 0 Å². The Labute approximate surface area is 111 Å². The van der Waals surface area contributed by atoms with Gasteiger partial charge < -0.3 is 4.74 Å². The van der Waals surface area contributed by atoms with E-state index in [0.29, 0.717) is 11.3 Å². The number of benzene rings is 1. The first-order chi connectivity index (χ1) is 9.11. The molecule has 5 nitrogen and oxygen atoms in total. The van der Waals surface area contributed by atoms with Gasteiger partial charge in [-0.15, -0.1) is 0 Å². The number of anilines is 1. The van der Waals surface area contributed by atoms with Crippen molar-refractivity contribution in [3.05, 3.63) is 47.3 Å². The minimum absolute atomic E-state index is 0.271. The number of aryl methyl sites for hydroxylation is 2. The summed E-state index contributed by atoms with van der Waals surface area (Å²) in [7, 11) is 1.54. The number of hydrogen-bond donors (Lipinski definition) is 1. The van der Waals surface area contributed by atoms with Crippen LogP contribution >= 0.6 is 0 Å². The van der Waals surface area contributed by atoms with Crippen LogP contribution in [0.2, 0.25) is 0 Å². The quantitative estimate of drug-likeness (QED) is 0.916. The molecule has 1 aromatic carbocycles. The van der Waals surface area contributed by atoms with Gasteiger partial charge in [-0.3, -0.25) is 10.1 Å². The highest BCUT2D eigenvalue weighted by Gasteiger charge is 2.14. The zero-order valence-corrected chi connectivity index (χ0v) is 11.1. The molecule has 1 amide bonds. The van der Waals surface area contributed by atoms with Crippen molar-refractivity contribution >= 4 is 11.9 Å². The van der Waals surface area contributed by atoms with E-state index in [4.69, 9.17) is 4.74 Å². The van der Waals surface area contributed by atoms with E-state index >= 15 is 0 Å². The van der Waals surface area contributed by atoms with E-state index in [1.165, 1.54) is 0 Å². The molecule has 2 rings (SSSR count). The molecule has 1 N–H and O–H groups in total. The highest BCUT2D eigenvalue weighted by molar-refractivity contribution is 6.05. The molecule has 19 heavy (non-hydrogen) atoms. The highest BCUT2D eigenvalue weighted by atomic mass is 16.5. The van der Waals surface area contributed by atoms with Crippen LogP contribution in [0.4, 0.5) is 5.95 Å². The summed E-state index contributed by atoms with van der Waals surface area (Å²) in [6, 6.07) is 5.33. The number of carbonyl (C=O) groups excluding carboxylic acids is 1. The molecule has 0 bridgehead atoms. The fourth-order valence-corrected chi connectivity index (χ4v) is 1.67. The largest absolute Gasteiger partial charge is 0.496 e. The topological polar surface area (TPSA) is 64.1 Å². The van der Waals surface area contributed by atoms with Gasteiger partial charge >= 0.3 is 0 Å². The van der Waals surface area contributed by atoms with E-state index in [1.54, 1.807) is 31.6 Å². The average molecular weight is 257 g/mol. The molecule has 1 heterocycles. The zero-order valence-electron chi connectivity index (χ0n) is 11.1. The Bertz CT molecular complexity index is 597. The van der Waals surface area contributed by atoms with E-state index in [0.717, 1.165) is 11.1 Å². The van der Waals surface area contributed by atoms with Crippen molar-refractivity contribution in [1.82, 2.24) is 9.97 Å². The number of aromatic nitrogens is 2. The number of nitrogens with one attached hydrogen (secondary N) is 1. The number of carbonyl (C=O) groups is 1. The summed E-state index contributed by atoms with van der Waals surface area (Å²) >= 11 is 0. The Morgan fingerprint density at radius 3 is 2.42 bits per heavy atom. The van der Waals surface area contributed by atoms with E-state index in [9.17, 15) is 4.79 Å². The van der Waals surface area contributed by atoms with Gasteiger partial charge in [0.05, 0.1) is 12.7 Å². The van der Waals surface area contributed by atoms with Crippen LogP contribution in [0.25, 0.3) is 0 Å². The summed E-state index contributed by atoms with van der Waals surface area (Å²) in [4.78, 5) is 20.1. The minimum atomic E-state index is -0.286. The lowest BCUT2D eigenvalue weighted by Crippen LogP contribution is -2.15. The summed E-state index contributed by atoms with van der Waals surface area (Å²) in [6.07, 6.45) is 3.14. The molecule has 0 aliphatic carbocycles. The normalized spacial score (nSPS) is 10.1. The second-order valence-corrected chi connectivity index (χ2v) is 4.16. The van der Waals surface area contributed by atoms with E-state index in [-0.39, 0.29) is 11.9 Å². The van der Waals surface area contributed by atoms with Crippen LogP contribution in [-0.2, 0) is 0 Å². The second kappa shape index (κ2) is 5.48. The lowest BCUT2D eigenvalue weighted by molar-refractivity contribution is 0.102. The van der Waals surface area contributed by atoms with Crippen molar-refractivity contribution in [2.75, 3.05) is 12.4 Å². The molecule has 0 atom stereocenters. The monoisotopic (exact) mass is 257 g/mol. The number of nitrogens with zero attached hydrogens (tertiary/aromatic N) is 2. The molecule has 98 valence electrons. The number of rotatable bonds is 3. The molecular weight excluding hydrogens is 242 g/mol. The van der Waals surface area contributed by atoms with Crippen LogP contribution in [-0.4, -0.2) is 23.0 Å². The van der Waals surface area contributed by atoms with Crippen molar-refractivity contribution in [3.63, 3.8) is 0 Å². The standard InChI is InChI=1S/C14H15N3O2/c1-9-7-11(12(19-3)8-10(9)2)13(18)17-14-15-5-4-6-16-14/h4-8H,1-3H3,(H,15,16,17,18). The van der Waals surface area contributed by atoms with Crippen molar-refractivity contribution < 1.29 is 9.53 Å². The maximum atomic E-state index is 12.2. The predicted octanol–water partition coefficient (Wildman–Crippen LogP) is 2.35. The Hall–Kier alpha value is -2.43. The molecule has 0 unspecified atom stereocenters. The summed E-state index contributed by atoms with van der Waals surface area (Å²) < 4.78 is 5.24. The lowest BCUT2D eigenvalue weighted by atomic mass is 10.0. The SMILES string of the molecule is COc1cc(C)c(C)cc1C(=O)Nc1ncccn1. The van der Waals surface area contributed by atoms with Crippen LogP contribution in [0.3, 0.4) is 0 Å². The molecule has 0 spiro atoms. The molecule has 5 heteroatoms. The summed E-state index contributed by atoms with van der Waals surface area (Å²) in [5.74, 6) is 0.524. The Morgan fingerprint density at radius 2 is 1.79 bits per heavy atom. The van der Waals surface area contributed by atoms with Crippen molar-refractivity contribution in [3.8, 4) is 5.75 Å². The van der Waals surface area contributed by atoms with Crippen LogP contribution in [0.5, 0.6) is 5.75 Å². The van der Waals surface area contributed by atoms with Gasteiger partial charge in [-0.2, -0.15) is 0 Å². The molecule has 0 aliphatic heterocycles. The molecule has 0 saturated carbocycles. The molecule has 2 aromatic rings. The van der Waals surface area contributed by atoms with Gasteiger partial charge in [0.2, 0.25) is 5.95 Å². The molecular formula is C14H15N3O2. The predicted molar refractivity (Wildman–Crippen MR) is 72.5 cm³/mol. The summed E-state index contributed by atoms with van der Waals surface area (Å²) in [5.41, 5.74) is 2.57. The lowest BCUT2D eigenvalue weighted by Gasteiger charge is -2.11. The highest BCUT2D eigenvalue weighted by Crippen LogP contribution is 2.23. The van der Waals surface area contributed by atoms with Gasteiger partial charge in [0.25, 0.3) is 5.91 Å². The molecule has 0 saturated heterocycles. The third-order valence-electron chi connectivity index (χ3n) is 2.85. The first-order valence-corrected chi connectivity index (χ1v) is 5.85. The Balaban J connectivity index is 2.31. The average Bonchev–Trinajstić information content (AvgIpc) is 2.42. The number of ether oxygens (including phenoxy) is 1. The van der Waals surface area contributed by atoms with Gasteiger partial charge in [0, 0.05) is 12.4 Å². The molecule has 0 fully saturated rings. The maximum Gasteiger partial charge on any atom is 0.261 e. The van der Waals surface area contributed by atoms with Gasteiger partial charge in [0.1, 0.15) is 5.75 Å². The minimum Gasteiger partial charge on any atom is -0.496 e. The number of methoxy groups -OCH3 is 1. The fraction of sp³-hybridized carbons (Fsp3) is 0.214. The molecule has 1 aromatic heterocycles. The molecule has 0 aliphatic rings. The van der Waals surface area contributed by atoms with E-state index in [1.807, 2.05) is 19.9 Å². The van der Waals surface area contributed by atoms with E-state index in [2.05, 4.69) is 15.3 Å². The summed E-state index contributed by atoms with van der Waals surface area (Å²) in [6.45, 7) is 3.92. The van der Waals surface area contributed by atoms with E-state index < -0.39 is 0 Å². The van der Waals surface area contributed by atoms with Crippen LogP contribution in [0.1, 0.15) is 21.5 Å². The van der Waals surface area contributed by atoms with Crippen molar-refractivity contribution in [2.45, 2.75) is 13.8 Å². The fourth-order valence-electron chi connectivity index (χ4n) is 1.67. The van der Waals surface area contributed by atoms with Crippen LogP contribution in [0, 0.1) is 13.8 Å². The smallest absolute Gasteiger partial charge is 0.261 e. The van der Waals surface area contributed by atoms with Crippen LogP contribution in [0.15, 0.2) is 30.6 Å². The zero-order chi connectivity index (χ0) is 13.8. The first-order valence-electron chi connectivity index (χ1n) is 5.85. The van der Waals surface area contributed by atoms with Gasteiger partial charge in [-0.05, 0) is 43.2 Å². The first kappa shape index (κ1) is 13.0. The second-order valence-electron chi connectivity index (χ2n) is 4.16. The Morgan fingerprint density at radius 1 is 1.16 bits per heavy atom. The Kier molecular flexibility index (Phi) is 3.75. The van der Waals surface area contributed by atoms with Gasteiger partial charge in [-0.25, -0.2) is 9.97 Å². The maximum absolute atomic E-state index is 12.2. The number of hydrogen-bond acceptors (Lipinski definition) is 4. The van der Waals surface area contributed by atoms with Crippen molar-refractivity contribution in [2.24, 2.45) is 0 Å². The van der Waals surface area contributed by atoms with Gasteiger partial charge in [0.15, 0.2) is 0 Å². The third kappa shape index (κ3) is 2.88. The third-order valence-corrected chi connectivity index (χ3v) is 2.85. The van der Waals surface area contributed by atoms with Gasteiger partial charge in [-0.1, -0.05) is 0 Å². The number of amides is 1.